The van der Waals surface area contributed by atoms with Gasteiger partial charge >= 0.3 is 5.97 Å². The molecule has 126 valence electrons. The Morgan fingerprint density at radius 1 is 1.39 bits per heavy atom. The molecule has 1 aliphatic rings. The van der Waals surface area contributed by atoms with Gasteiger partial charge < -0.3 is 19.9 Å². The third-order valence-corrected chi connectivity index (χ3v) is 4.18. The van der Waals surface area contributed by atoms with Crippen LogP contribution in [0.15, 0.2) is 24.3 Å². The number of nitrogens with one attached hydrogen (secondary N) is 1. The largest absolute Gasteiger partial charge is 0.481 e. The van der Waals surface area contributed by atoms with Gasteiger partial charge in [0.05, 0.1) is 5.41 Å². The topological polar surface area (TPSA) is 84.9 Å². The molecule has 2 N–H and O–H groups in total. The van der Waals surface area contributed by atoms with Gasteiger partial charge in [0.25, 0.3) is 5.91 Å². The summed E-state index contributed by atoms with van der Waals surface area (Å²) in [4.78, 5) is 23.7. The Bertz CT molecular complexity index is 566. The lowest BCUT2D eigenvalue weighted by atomic mass is 9.80. The number of aryl methyl sites for hydroxylation is 1. The van der Waals surface area contributed by atoms with Crippen LogP contribution in [0.4, 0.5) is 0 Å². The molecule has 0 spiro atoms. The number of rotatable bonds is 6. The number of amides is 1. The van der Waals surface area contributed by atoms with E-state index in [9.17, 15) is 14.7 Å². The maximum absolute atomic E-state index is 12.2. The minimum atomic E-state index is -0.947. The predicted octanol–water partition coefficient (Wildman–Crippen LogP) is 1.76. The van der Waals surface area contributed by atoms with E-state index in [0.29, 0.717) is 31.8 Å². The van der Waals surface area contributed by atoms with Gasteiger partial charge in [-0.2, -0.15) is 0 Å². The summed E-state index contributed by atoms with van der Waals surface area (Å²) in [6.07, 6.45) is 0.105. The molecule has 1 aromatic carbocycles. The summed E-state index contributed by atoms with van der Waals surface area (Å²) in [6.45, 7) is 4.48. The zero-order valence-electron chi connectivity index (χ0n) is 13.5. The summed E-state index contributed by atoms with van der Waals surface area (Å²) in [6, 6.07) is 7.44. The average Bonchev–Trinajstić information content (AvgIpc) is 2.53. The zero-order valence-corrected chi connectivity index (χ0v) is 13.5. The van der Waals surface area contributed by atoms with Gasteiger partial charge in [-0.25, -0.2) is 0 Å². The van der Waals surface area contributed by atoms with Crippen LogP contribution >= 0.6 is 0 Å². The number of benzene rings is 1. The molecule has 1 atom stereocenters. The van der Waals surface area contributed by atoms with E-state index in [1.54, 1.807) is 13.0 Å². The fraction of sp³-hybridized carbons (Fsp3) is 0.529. The Morgan fingerprint density at radius 3 is 2.70 bits per heavy atom. The second-order valence-electron chi connectivity index (χ2n) is 5.99. The summed E-state index contributed by atoms with van der Waals surface area (Å²) >= 11 is 0. The molecule has 1 aromatic rings. The van der Waals surface area contributed by atoms with Crippen molar-refractivity contribution in [2.24, 2.45) is 5.41 Å². The number of carbonyl (C=O) groups is 2. The maximum atomic E-state index is 12.2. The Hall–Kier alpha value is -2.08. The van der Waals surface area contributed by atoms with Crippen molar-refractivity contribution in [2.45, 2.75) is 32.8 Å². The normalized spacial score (nSPS) is 18.0. The quantitative estimate of drug-likeness (QED) is 0.834. The monoisotopic (exact) mass is 321 g/mol. The third-order valence-electron chi connectivity index (χ3n) is 4.18. The first-order valence-electron chi connectivity index (χ1n) is 7.75. The van der Waals surface area contributed by atoms with E-state index in [1.165, 1.54) is 0 Å². The van der Waals surface area contributed by atoms with Gasteiger partial charge in [-0.15, -0.1) is 0 Å². The van der Waals surface area contributed by atoms with Crippen molar-refractivity contribution < 1.29 is 24.2 Å². The highest BCUT2D eigenvalue weighted by Crippen LogP contribution is 2.30. The standard InChI is InChI=1S/C17H23NO5/c1-12-4-3-5-14(10-12)23-13(2)15(19)18-11-17(16(20)21)6-8-22-9-7-17/h3-5,10,13H,6-9,11H2,1-2H3,(H,18,19)(H,20,21). The molecule has 1 fully saturated rings. The van der Waals surface area contributed by atoms with Gasteiger partial charge in [0.15, 0.2) is 6.10 Å². The molecule has 6 nitrogen and oxygen atoms in total. The highest BCUT2D eigenvalue weighted by molar-refractivity contribution is 5.82. The molecule has 6 heteroatoms. The highest BCUT2D eigenvalue weighted by atomic mass is 16.5. The van der Waals surface area contributed by atoms with Crippen LogP contribution in [0, 0.1) is 12.3 Å². The van der Waals surface area contributed by atoms with E-state index in [0.717, 1.165) is 5.56 Å². The van der Waals surface area contributed by atoms with E-state index in [2.05, 4.69) is 5.32 Å². The SMILES string of the molecule is Cc1cccc(OC(C)C(=O)NCC2(C(=O)O)CCOCC2)c1. The number of aliphatic carboxylic acids is 1. The van der Waals surface area contributed by atoms with Gasteiger partial charge in [0.2, 0.25) is 0 Å². The van der Waals surface area contributed by atoms with Crippen LogP contribution in [0.1, 0.15) is 25.3 Å². The zero-order chi connectivity index (χ0) is 16.9. The van der Waals surface area contributed by atoms with Crippen LogP contribution in [0.3, 0.4) is 0 Å². The molecule has 1 unspecified atom stereocenters. The second-order valence-corrected chi connectivity index (χ2v) is 5.99. The van der Waals surface area contributed by atoms with Gasteiger partial charge in [0.1, 0.15) is 5.75 Å². The molecule has 1 saturated heterocycles. The van der Waals surface area contributed by atoms with Gasteiger partial charge in [-0.1, -0.05) is 12.1 Å². The summed E-state index contributed by atoms with van der Waals surface area (Å²) in [7, 11) is 0. The fourth-order valence-corrected chi connectivity index (χ4v) is 2.57. The molecule has 1 amide bonds. The summed E-state index contributed by atoms with van der Waals surface area (Å²) in [5.41, 5.74) is 0.0962. The number of hydrogen-bond acceptors (Lipinski definition) is 4. The molecule has 0 saturated carbocycles. The molecule has 1 aliphatic heterocycles. The molecule has 0 bridgehead atoms. The molecule has 1 heterocycles. The van der Waals surface area contributed by atoms with E-state index in [-0.39, 0.29) is 12.5 Å². The van der Waals surface area contributed by atoms with Crippen molar-refractivity contribution in [3.63, 3.8) is 0 Å². The molecule has 2 rings (SSSR count). The third kappa shape index (κ3) is 4.45. The number of ether oxygens (including phenoxy) is 2. The van der Waals surface area contributed by atoms with Gasteiger partial charge in [-0.05, 0) is 44.4 Å². The smallest absolute Gasteiger partial charge is 0.311 e. The lowest BCUT2D eigenvalue weighted by Crippen LogP contribution is -2.48. The number of carbonyl (C=O) groups excluding carboxylic acids is 1. The number of carboxylic acids is 1. The lowest BCUT2D eigenvalue weighted by molar-refractivity contribution is -0.155. The highest BCUT2D eigenvalue weighted by Gasteiger charge is 2.40. The van der Waals surface area contributed by atoms with Crippen LogP contribution in [-0.4, -0.2) is 42.8 Å². The average molecular weight is 321 g/mol. The molecule has 0 aromatic heterocycles. The van der Waals surface area contributed by atoms with Crippen molar-refractivity contribution in [1.29, 1.82) is 0 Å². The minimum Gasteiger partial charge on any atom is -0.481 e. The van der Waals surface area contributed by atoms with Crippen LogP contribution in [0.2, 0.25) is 0 Å². The second kappa shape index (κ2) is 7.46. The maximum Gasteiger partial charge on any atom is 0.311 e. The van der Waals surface area contributed by atoms with Crippen molar-refractivity contribution in [2.75, 3.05) is 19.8 Å². The Kier molecular flexibility index (Phi) is 5.60. The van der Waals surface area contributed by atoms with Crippen molar-refractivity contribution in [3.8, 4) is 5.75 Å². The first-order valence-corrected chi connectivity index (χ1v) is 7.75. The van der Waals surface area contributed by atoms with E-state index >= 15 is 0 Å². The molecular formula is C17H23NO5. The van der Waals surface area contributed by atoms with Crippen molar-refractivity contribution in [1.82, 2.24) is 5.32 Å². The summed E-state index contributed by atoms with van der Waals surface area (Å²) in [5, 5.41) is 12.2. The fourth-order valence-electron chi connectivity index (χ4n) is 2.57. The predicted molar refractivity (Wildman–Crippen MR) is 84.4 cm³/mol. The van der Waals surface area contributed by atoms with E-state index < -0.39 is 17.5 Å². The molecule has 0 radical (unpaired) electrons. The van der Waals surface area contributed by atoms with Crippen molar-refractivity contribution in [3.05, 3.63) is 29.8 Å². The first-order chi connectivity index (χ1) is 10.9. The Labute approximate surface area is 135 Å². The van der Waals surface area contributed by atoms with Crippen LogP contribution < -0.4 is 10.1 Å². The first kappa shape index (κ1) is 17.3. The minimum absolute atomic E-state index is 0.0893. The molecule has 0 aliphatic carbocycles. The summed E-state index contributed by atoms with van der Waals surface area (Å²) < 4.78 is 10.8. The number of hydrogen-bond donors (Lipinski definition) is 2. The number of carboxylic acid groups (broad SMARTS) is 1. The van der Waals surface area contributed by atoms with Crippen molar-refractivity contribution >= 4 is 11.9 Å². The Morgan fingerprint density at radius 2 is 2.09 bits per heavy atom. The summed E-state index contributed by atoms with van der Waals surface area (Å²) in [5.74, 6) is -0.598. The lowest BCUT2D eigenvalue weighted by Gasteiger charge is -2.33. The van der Waals surface area contributed by atoms with E-state index in [1.807, 2.05) is 25.1 Å². The van der Waals surface area contributed by atoms with Crippen LogP contribution in [0.25, 0.3) is 0 Å². The molecule has 23 heavy (non-hydrogen) atoms. The Balaban J connectivity index is 1.91. The molecular weight excluding hydrogens is 298 g/mol. The van der Waals surface area contributed by atoms with Crippen LogP contribution in [-0.2, 0) is 14.3 Å². The van der Waals surface area contributed by atoms with Gasteiger partial charge in [0, 0.05) is 19.8 Å². The van der Waals surface area contributed by atoms with E-state index in [4.69, 9.17) is 9.47 Å². The van der Waals surface area contributed by atoms with Gasteiger partial charge in [-0.3, -0.25) is 9.59 Å². The van der Waals surface area contributed by atoms with Crippen LogP contribution in [0.5, 0.6) is 5.75 Å².